The molecule has 2 heterocycles. The summed E-state index contributed by atoms with van der Waals surface area (Å²) in [4.78, 5) is 31.2. The smallest absolute Gasteiger partial charge is 0.325 e. The van der Waals surface area contributed by atoms with Crippen molar-refractivity contribution >= 4 is 24.3 Å². The van der Waals surface area contributed by atoms with Gasteiger partial charge in [0.1, 0.15) is 12.1 Å². The fourth-order valence-corrected chi connectivity index (χ4v) is 5.09. The summed E-state index contributed by atoms with van der Waals surface area (Å²) in [6, 6.07) is -0.384. The molecule has 1 aromatic heterocycles. The number of hydrogen-bond donors (Lipinski definition) is 2. The molecule has 150 valence electrons. The summed E-state index contributed by atoms with van der Waals surface area (Å²) in [5.74, 6) is 0.898. The van der Waals surface area contributed by atoms with Gasteiger partial charge in [0, 0.05) is 0 Å². The lowest BCUT2D eigenvalue weighted by molar-refractivity contribution is -0.135. The fourth-order valence-electron chi connectivity index (χ4n) is 5.09. The Bertz CT molecular complexity index is 760. The van der Waals surface area contributed by atoms with Gasteiger partial charge in [-0.15, -0.1) is 12.4 Å². The average molecular weight is 398 g/mol. The second-order valence-corrected chi connectivity index (χ2v) is 9.28. The molecule has 1 spiro atoms. The number of nitrogens with two attached hydrogens (primary N) is 1. The van der Waals surface area contributed by atoms with Crippen LogP contribution in [0.15, 0.2) is 4.52 Å². The monoisotopic (exact) mass is 397 g/mol. The van der Waals surface area contributed by atoms with Crippen LogP contribution >= 0.6 is 12.4 Å². The number of aromatic nitrogens is 2. The number of carbonyl (C=O) groups is 2. The Morgan fingerprint density at radius 2 is 2.00 bits per heavy atom. The highest BCUT2D eigenvalue weighted by Crippen LogP contribution is 2.46. The molecule has 2 saturated carbocycles. The van der Waals surface area contributed by atoms with Gasteiger partial charge in [-0.3, -0.25) is 9.69 Å². The van der Waals surface area contributed by atoms with Crippen molar-refractivity contribution in [3.63, 3.8) is 0 Å². The minimum absolute atomic E-state index is 0. The lowest BCUT2D eigenvalue weighted by Gasteiger charge is -2.43. The van der Waals surface area contributed by atoms with Crippen molar-refractivity contribution in [2.45, 2.75) is 76.9 Å². The van der Waals surface area contributed by atoms with Crippen molar-refractivity contribution in [2.24, 2.45) is 17.1 Å². The van der Waals surface area contributed by atoms with Gasteiger partial charge in [0.15, 0.2) is 5.82 Å². The van der Waals surface area contributed by atoms with Gasteiger partial charge in [0.05, 0.1) is 5.54 Å². The van der Waals surface area contributed by atoms with Crippen LogP contribution in [0.5, 0.6) is 0 Å². The van der Waals surface area contributed by atoms with Gasteiger partial charge in [-0.25, -0.2) is 4.79 Å². The summed E-state index contributed by atoms with van der Waals surface area (Å²) in [7, 11) is 0. The zero-order valence-electron chi connectivity index (χ0n) is 16.1. The number of hydrogen-bond acceptors (Lipinski definition) is 6. The van der Waals surface area contributed by atoms with Gasteiger partial charge in [0.25, 0.3) is 5.91 Å². The zero-order valence-corrected chi connectivity index (χ0v) is 16.9. The molecule has 27 heavy (non-hydrogen) atoms. The van der Waals surface area contributed by atoms with E-state index in [0.717, 1.165) is 25.7 Å². The number of nitrogens with one attached hydrogen (secondary N) is 1. The molecule has 2 aliphatic carbocycles. The van der Waals surface area contributed by atoms with Crippen LogP contribution in [0.4, 0.5) is 4.79 Å². The number of imide groups is 1. The van der Waals surface area contributed by atoms with Crippen LogP contribution in [0, 0.1) is 11.3 Å². The van der Waals surface area contributed by atoms with E-state index in [1.54, 1.807) is 0 Å². The predicted molar refractivity (Wildman–Crippen MR) is 99.9 cm³/mol. The molecule has 0 aromatic carbocycles. The number of urea groups is 1. The van der Waals surface area contributed by atoms with Gasteiger partial charge >= 0.3 is 6.03 Å². The van der Waals surface area contributed by atoms with Gasteiger partial charge in [0.2, 0.25) is 5.89 Å². The van der Waals surface area contributed by atoms with Gasteiger partial charge < -0.3 is 15.6 Å². The Morgan fingerprint density at radius 3 is 2.59 bits per heavy atom. The maximum absolute atomic E-state index is 13.1. The second kappa shape index (κ2) is 6.44. The third-order valence-corrected chi connectivity index (χ3v) is 6.08. The van der Waals surface area contributed by atoms with Crippen molar-refractivity contribution in [2.75, 3.05) is 0 Å². The second-order valence-electron chi connectivity index (χ2n) is 9.28. The Kier molecular flexibility index (Phi) is 4.79. The number of nitrogens with zero attached hydrogens (tertiary/aromatic N) is 3. The summed E-state index contributed by atoms with van der Waals surface area (Å²) >= 11 is 0. The molecule has 2 atom stereocenters. The van der Waals surface area contributed by atoms with E-state index >= 15 is 0 Å². The van der Waals surface area contributed by atoms with E-state index in [1.807, 2.05) is 0 Å². The van der Waals surface area contributed by atoms with Crippen LogP contribution < -0.4 is 11.1 Å². The van der Waals surface area contributed by atoms with Gasteiger partial charge in [-0.2, -0.15) is 4.98 Å². The first kappa shape index (κ1) is 20.1. The van der Waals surface area contributed by atoms with E-state index < -0.39 is 11.1 Å². The highest BCUT2D eigenvalue weighted by molar-refractivity contribution is 6.07. The van der Waals surface area contributed by atoms with Crippen LogP contribution in [0.3, 0.4) is 0 Å². The Hall–Kier alpha value is -1.67. The molecule has 3 aliphatic rings. The summed E-state index contributed by atoms with van der Waals surface area (Å²) in [5.41, 5.74) is 4.88. The molecule has 1 saturated heterocycles. The first-order valence-corrected chi connectivity index (χ1v) is 9.39. The van der Waals surface area contributed by atoms with Crippen molar-refractivity contribution in [3.8, 4) is 0 Å². The summed E-state index contributed by atoms with van der Waals surface area (Å²) in [6.07, 6.45) is 5.05. The van der Waals surface area contributed by atoms with E-state index in [2.05, 4.69) is 36.2 Å². The minimum Gasteiger partial charge on any atom is -0.337 e. The normalized spacial score (nSPS) is 31.4. The molecule has 1 aliphatic heterocycles. The molecule has 3 amide bonds. The van der Waals surface area contributed by atoms with Gasteiger partial charge in [-0.1, -0.05) is 25.9 Å². The lowest BCUT2D eigenvalue weighted by atomic mass is 9.64. The maximum atomic E-state index is 13.1. The summed E-state index contributed by atoms with van der Waals surface area (Å²) in [5, 5.41) is 6.92. The van der Waals surface area contributed by atoms with Crippen LogP contribution in [0.2, 0.25) is 0 Å². The van der Waals surface area contributed by atoms with Crippen molar-refractivity contribution in [1.29, 1.82) is 0 Å². The standard InChI is InChI=1S/C18H27N5O3.ClH/c1-11-7-16(2,3)10-18(8-11)14(24)23(15(25)21-18)9-12-20-13(22-26-12)17(19)5-4-6-17;/h11H,4-10,19H2,1-3H3,(H,21,25);1H. The molecule has 3 fully saturated rings. The van der Waals surface area contributed by atoms with E-state index in [4.69, 9.17) is 10.3 Å². The SMILES string of the molecule is CC1CC(C)(C)CC2(C1)NC(=O)N(Cc1nc(C3(N)CCC3)no1)C2=O.Cl. The number of carbonyl (C=O) groups excluding carboxylic acids is 2. The van der Waals surface area contributed by atoms with Crippen molar-refractivity contribution in [1.82, 2.24) is 20.4 Å². The predicted octanol–water partition coefficient (Wildman–Crippen LogP) is 2.47. The van der Waals surface area contributed by atoms with Crippen LogP contribution in [-0.4, -0.2) is 32.5 Å². The molecule has 9 heteroatoms. The third-order valence-electron chi connectivity index (χ3n) is 6.08. The molecule has 8 nitrogen and oxygen atoms in total. The molecule has 0 bridgehead atoms. The minimum atomic E-state index is -0.815. The zero-order chi connectivity index (χ0) is 18.7. The van der Waals surface area contributed by atoms with Crippen LogP contribution in [0.1, 0.15) is 71.0 Å². The number of amides is 3. The summed E-state index contributed by atoms with van der Waals surface area (Å²) < 4.78 is 5.27. The Labute approximate surface area is 165 Å². The highest BCUT2D eigenvalue weighted by Gasteiger charge is 2.56. The Morgan fingerprint density at radius 1 is 1.30 bits per heavy atom. The largest absolute Gasteiger partial charge is 0.337 e. The van der Waals surface area contributed by atoms with E-state index in [9.17, 15) is 9.59 Å². The molecule has 3 N–H and O–H groups in total. The van der Waals surface area contributed by atoms with E-state index in [1.165, 1.54) is 4.90 Å². The molecule has 4 rings (SSSR count). The fraction of sp³-hybridized carbons (Fsp3) is 0.778. The maximum Gasteiger partial charge on any atom is 0.325 e. The molecular formula is C18H28ClN5O3. The first-order valence-electron chi connectivity index (χ1n) is 9.39. The quantitative estimate of drug-likeness (QED) is 0.757. The van der Waals surface area contributed by atoms with Gasteiger partial charge in [-0.05, 0) is 49.9 Å². The highest BCUT2D eigenvalue weighted by atomic mass is 35.5. The van der Waals surface area contributed by atoms with Crippen molar-refractivity contribution < 1.29 is 14.1 Å². The molecule has 2 unspecified atom stereocenters. The van der Waals surface area contributed by atoms with E-state index in [-0.39, 0.29) is 42.2 Å². The Balaban J connectivity index is 0.00000210. The molecule has 1 aromatic rings. The van der Waals surface area contributed by atoms with Crippen LogP contribution in [-0.2, 0) is 16.9 Å². The molecule has 0 radical (unpaired) electrons. The van der Waals surface area contributed by atoms with Crippen molar-refractivity contribution in [3.05, 3.63) is 11.7 Å². The summed E-state index contributed by atoms with van der Waals surface area (Å²) in [6.45, 7) is 6.42. The first-order chi connectivity index (χ1) is 12.1. The lowest BCUT2D eigenvalue weighted by Crippen LogP contribution is -2.54. The van der Waals surface area contributed by atoms with E-state index in [0.29, 0.717) is 24.6 Å². The molecular weight excluding hydrogens is 370 g/mol. The van der Waals surface area contributed by atoms with Crippen LogP contribution in [0.25, 0.3) is 0 Å². The third kappa shape index (κ3) is 3.33. The topological polar surface area (TPSA) is 114 Å². The average Bonchev–Trinajstić information content (AvgIpc) is 3.03. The number of rotatable bonds is 3. The number of halogens is 1.